The highest BCUT2D eigenvalue weighted by Gasteiger charge is 2.16. The summed E-state index contributed by atoms with van der Waals surface area (Å²) in [6.45, 7) is 0.564. The van der Waals surface area contributed by atoms with E-state index >= 15 is 0 Å². The Bertz CT molecular complexity index is 630. The molecule has 0 aromatic carbocycles. The number of nitrogens with zero attached hydrogens (tertiary/aromatic N) is 2. The van der Waals surface area contributed by atoms with Gasteiger partial charge >= 0.3 is 0 Å². The van der Waals surface area contributed by atoms with Crippen LogP contribution in [0, 0.1) is 0 Å². The lowest BCUT2D eigenvalue weighted by atomic mass is 10.4. The lowest BCUT2D eigenvalue weighted by molar-refractivity contribution is 0.577. The van der Waals surface area contributed by atoms with Gasteiger partial charge in [-0.25, -0.2) is 13.1 Å². The van der Waals surface area contributed by atoms with E-state index in [2.05, 4.69) is 9.82 Å². The van der Waals surface area contributed by atoms with E-state index in [1.165, 1.54) is 11.3 Å². The molecular weight excluding hydrogens is 272 g/mol. The summed E-state index contributed by atoms with van der Waals surface area (Å²) in [6.07, 6.45) is 1.63. The van der Waals surface area contributed by atoms with Crippen LogP contribution < -0.4 is 10.5 Å². The molecule has 3 N–H and O–H groups in total. The van der Waals surface area contributed by atoms with E-state index in [4.69, 9.17) is 5.73 Å². The normalized spacial score (nSPS) is 11.9. The van der Waals surface area contributed by atoms with Crippen LogP contribution >= 0.6 is 11.3 Å². The molecule has 0 aliphatic carbocycles. The van der Waals surface area contributed by atoms with Crippen molar-refractivity contribution in [2.75, 3.05) is 0 Å². The lowest BCUT2D eigenvalue weighted by Crippen LogP contribution is -2.24. The minimum absolute atomic E-state index is 0.215. The fourth-order valence-corrected chi connectivity index (χ4v) is 3.59. The van der Waals surface area contributed by atoms with Crippen LogP contribution in [0.4, 0.5) is 0 Å². The summed E-state index contributed by atoms with van der Waals surface area (Å²) in [6, 6.07) is 3.36. The summed E-state index contributed by atoms with van der Waals surface area (Å²) < 4.78 is 28.1. The molecule has 0 atom stereocenters. The summed E-state index contributed by atoms with van der Waals surface area (Å²) in [5, 5.41) is 5.57. The summed E-state index contributed by atoms with van der Waals surface area (Å²) in [5.41, 5.74) is 6.26. The Labute approximate surface area is 109 Å². The number of thiophene rings is 1. The number of hydrogen-bond acceptors (Lipinski definition) is 5. The Morgan fingerprint density at radius 3 is 2.89 bits per heavy atom. The summed E-state index contributed by atoms with van der Waals surface area (Å²) in [4.78, 5) is 1.10. The molecule has 0 bridgehead atoms. The number of rotatable bonds is 5. The Balaban J connectivity index is 2.10. The molecule has 0 radical (unpaired) electrons. The van der Waals surface area contributed by atoms with Gasteiger partial charge < -0.3 is 5.73 Å². The average Bonchev–Trinajstić information content (AvgIpc) is 2.95. The predicted molar refractivity (Wildman–Crippen MR) is 69.4 cm³/mol. The molecule has 8 heteroatoms. The number of sulfonamides is 1. The van der Waals surface area contributed by atoms with Crippen molar-refractivity contribution in [1.29, 1.82) is 0 Å². The van der Waals surface area contributed by atoms with Crippen molar-refractivity contribution in [3.63, 3.8) is 0 Å². The molecule has 2 aromatic rings. The molecule has 98 valence electrons. The monoisotopic (exact) mass is 286 g/mol. The second kappa shape index (κ2) is 5.19. The minimum Gasteiger partial charge on any atom is -0.326 e. The first kappa shape index (κ1) is 13.2. The molecule has 0 saturated heterocycles. The summed E-state index contributed by atoms with van der Waals surface area (Å²) in [7, 11) is -1.71. The number of nitrogens with one attached hydrogen (secondary N) is 1. The standard InChI is InChI=1S/C10H14N4O2S2/c1-14-8(2-3-12-14)6-13-18(15,16)10-4-9(5-11)17-7-10/h2-4,7,13H,5-6,11H2,1H3. The predicted octanol–water partition coefficient (Wildman–Crippen LogP) is 0.419. The molecule has 6 nitrogen and oxygen atoms in total. The van der Waals surface area contributed by atoms with Gasteiger partial charge in [-0.1, -0.05) is 0 Å². The van der Waals surface area contributed by atoms with Crippen molar-refractivity contribution in [3.05, 3.63) is 34.3 Å². The van der Waals surface area contributed by atoms with Crippen molar-refractivity contribution in [3.8, 4) is 0 Å². The molecule has 2 aromatic heterocycles. The van der Waals surface area contributed by atoms with Crippen LogP contribution in [0.5, 0.6) is 0 Å². The first-order chi connectivity index (χ1) is 8.53. The maximum atomic E-state index is 12.0. The molecular formula is C10H14N4O2S2. The molecule has 18 heavy (non-hydrogen) atoms. The third kappa shape index (κ3) is 2.78. The highest BCUT2D eigenvalue weighted by Crippen LogP contribution is 2.18. The smallest absolute Gasteiger partial charge is 0.241 e. The molecule has 0 spiro atoms. The molecule has 0 aliphatic heterocycles. The van der Waals surface area contributed by atoms with Gasteiger partial charge in [0.05, 0.1) is 17.1 Å². The van der Waals surface area contributed by atoms with Crippen LogP contribution in [-0.4, -0.2) is 18.2 Å². The molecule has 0 unspecified atom stereocenters. The number of hydrogen-bond donors (Lipinski definition) is 2. The van der Waals surface area contributed by atoms with Crippen molar-refractivity contribution >= 4 is 21.4 Å². The topological polar surface area (TPSA) is 90.0 Å². The van der Waals surface area contributed by atoms with Gasteiger partial charge in [-0.05, 0) is 12.1 Å². The first-order valence-corrected chi connectivity index (χ1v) is 7.63. The lowest BCUT2D eigenvalue weighted by Gasteiger charge is -2.05. The summed E-state index contributed by atoms with van der Waals surface area (Å²) in [5.74, 6) is 0. The third-order valence-corrected chi connectivity index (χ3v) is 5.00. The number of aromatic nitrogens is 2. The highest BCUT2D eigenvalue weighted by atomic mass is 32.2. The summed E-state index contributed by atoms with van der Waals surface area (Å²) >= 11 is 1.34. The SMILES string of the molecule is Cn1nccc1CNS(=O)(=O)c1csc(CN)c1. The molecule has 2 rings (SSSR count). The van der Waals surface area contributed by atoms with E-state index in [9.17, 15) is 8.42 Å². The van der Waals surface area contributed by atoms with Crippen molar-refractivity contribution in [2.45, 2.75) is 18.0 Å². The van der Waals surface area contributed by atoms with E-state index in [1.807, 2.05) is 0 Å². The third-order valence-electron chi connectivity index (χ3n) is 2.51. The van der Waals surface area contributed by atoms with Crippen LogP contribution in [-0.2, 0) is 30.2 Å². The van der Waals surface area contributed by atoms with Gasteiger partial charge in [0, 0.05) is 30.0 Å². The van der Waals surface area contributed by atoms with Gasteiger partial charge in [0.2, 0.25) is 10.0 Å². The number of nitrogens with two attached hydrogens (primary N) is 1. The largest absolute Gasteiger partial charge is 0.326 e. The Morgan fingerprint density at radius 2 is 2.33 bits per heavy atom. The second-order valence-electron chi connectivity index (χ2n) is 3.72. The fraction of sp³-hybridized carbons (Fsp3) is 0.300. The molecule has 0 aliphatic rings. The maximum Gasteiger partial charge on any atom is 0.241 e. The fourth-order valence-electron chi connectivity index (χ4n) is 1.44. The zero-order valence-corrected chi connectivity index (χ0v) is 11.5. The zero-order valence-electron chi connectivity index (χ0n) is 9.83. The van der Waals surface area contributed by atoms with Crippen LogP contribution in [0.2, 0.25) is 0 Å². The molecule has 0 amide bonds. The van der Waals surface area contributed by atoms with E-state index in [0.717, 1.165) is 10.6 Å². The Kier molecular flexibility index (Phi) is 3.81. The maximum absolute atomic E-state index is 12.0. The van der Waals surface area contributed by atoms with Crippen LogP contribution in [0.3, 0.4) is 0 Å². The van der Waals surface area contributed by atoms with Crippen LogP contribution in [0.1, 0.15) is 10.6 Å². The van der Waals surface area contributed by atoms with Crippen molar-refractivity contribution in [1.82, 2.24) is 14.5 Å². The van der Waals surface area contributed by atoms with Gasteiger partial charge in [-0.15, -0.1) is 11.3 Å². The first-order valence-electron chi connectivity index (χ1n) is 5.27. The van der Waals surface area contributed by atoms with E-state index in [-0.39, 0.29) is 11.4 Å². The highest BCUT2D eigenvalue weighted by molar-refractivity contribution is 7.89. The van der Waals surface area contributed by atoms with Gasteiger partial charge in [-0.2, -0.15) is 5.10 Å². The van der Waals surface area contributed by atoms with E-state index in [0.29, 0.717) is 6.54 Å². The zero-order chi connectivity index (χ0) is 13.2. The quantitative estimate of drug-likeness (QED) is 0.833. The minimum atomic E-state index is -3.48. The molecule has 2 heterocycles. The molecule has 0 fully saturated rings. The van der Waals surface area contributed by atoms with Gasteiger partial charge in [-0.3, -0.25) is 4.68 Å². The van der Waals surface area contributed by atoms with E-state index in [1.54, 1.807) is 35.4 Å². The molecule has 0 saturated carbocycles. The van der Waals surface area contributed by atoms with Crippen LogP contribution in [0.25, 0.3) is 0 Å². The van der Waals surface area contributed by atoms with Gasteiger partial charge in [0.15, 0.2) is 0 Å². The van der Waals surface area contributed by atoms with Crippen LogP contribution in [0.15, 0.2) is 28.6 Å². The average molecular weight is 286 g/mol. The van der Waals surface area contributed by atoms with E-state index < -0.39 is 10.0 Å². The van der Waals surface area contributed by atoms with Gasteiger partial charge in [0.25, 0.3) is 0 Å². The Morgan fingerprint density at radius 1 is 1.56 bits per heavy atom. The van der Waals surface area contributed by atoms with Gasteiger partial charge in [0.1, 0.15) is 0 Å². The van der Waals surface area contributed by atoms with Crippen molar-refractivity contribution < 1.29 is 8.42 Å². The second-order valence-corrected chi connectivity index (χ2v) is 6.49. The Hall–Kier alpha value is -1.22. The van der Waals surface area contributed by atoms with Crippen molar-refractivity contribution in [2.24, 2.45) is 12.8 Å². The number of aryl methyl sites for hydroxylation is 1.